The fourth-order valence-corrected chi connectivity index (χ4v) is 3.64. The number of anilines is 1. The normalized spacial score (nSPS) is 11.8. The van der Waals surface area contributed by atoms with Crippen LogP contribution in [0.1, 0.15) is 41.6 Å². The zero-order valence-corrected chi connectivity index (χ0v) is 15.6. The van der Waals surface area contributed by atoms with E-state index in [0.717, 1.165) is 21.3 Å². The van der Waals surface area contributed by atoms with E-state index in [2.05, 4.69) is 15.4 Å². The highest BCUT2D eigenvalue weighted by Gasteiger charge is 2.40. The Balaban J connectivity index is 1.91. The number of hydrogen-bond donors (Lipinski definition) is 1. The average molecular weight is 394 g/mol. The lowest BCUT2D eigenvalue weighted by Gasteiger charge is -2.14. The predicted molar refractivity (Wildman–Crippen MR) is 97.9 cm³/mol. The molecule has 9 heteroatoms. The molecule has 0 spiro atoms. The molecule has 0 unspecified atom stereocenters. The summed E-state index contributed by atoms with van der Waals surface area (Å²) < 4.78 is 41.1. The highest BCUT2D eigenvalue weighted by molar-refractivity contribution is 7.19. The monoisotopic (exact) mass is 394 g/mol. The Kier molecular flexibility index (Phi) is 5.05. The van der Waals surface area contributed by atoms with Crippen molar-refractivity contribution in [3.63, 3.8) is 0 Å². The fraction of sp³-hybridized carbons (Fsp3) is 0.278. The standard InChI is InChI=1S/C18H17F3N4OS/c1-10(2)25-15(18(19,20)21)13(9-22-25)16(26)24-17-23-11(3)14(27-17)12-7-5-4-6-8-12/h4-10H,1-3H3,(H,23,24,26). The van der Waals surface area contributed by atoms with Crippen LogP contribution in [0.25, 0.3) is 10.4 Å². The van der Waals surface area contributed by atoms with E-state index in [1.165, 1.54) is 11.3 Å². The van der Waals surface area contributed by atoms with Crippen molar-refractivity contribution in [1.82, 2.24) is 14.8 Å². The van der Waals surface area contributed by atoms with Gasteiger partial charge in [-0.2, -0.15) is 18.3 Å². The molecule has 0 aliphatic rings. The summed E-state index contributed by atoms with van der Waals surface area (Å²) >= 11 is 1.21. The number of aryl methyl sites for hydroxylation is 1. The minimum Gasteiger partial charge on any atom is -0.298 e. The number of rotatable bonds is 4. The van der Waals surface area contributed by atoms with Gasteiger partial charge in [0, 0.05) is 6.04 Å². The van der Waals surface area contributed by atoms with E-state index in [-0.39, 0.29) is 5.13 Å². The van der Waals surface area contributed by atoms with E-state index in [4.69, 9.17) is 0 Å². The molecule has 0 atom stereocenters. The molecule has 1 amide bonds. The lowest BCUT2D eigenvalue weighted by atomic mass is 10.2. The number of carbonyl (C=O) groups is 1. The van der Waals surface area contributed by atoms with Gasteiger partial charge in [0.15, 0.2) is 10.8 Å². The summed E-state index contributed by atoms with van der Waals surface area (Å²) in [6.45, 7) is 4.92. The maximum atomic E-state index is 13.4. The van der Waals surface area contributed by atoms with Crippen molar-refractivity contribution in [3.05, 3.63) is 53.5 Å². The molecular formula is C18H17F3N4OS. The Morgan fingerprint density at radius 1 is 1.22 bits per heavy atom. The second kappa shape index (κ2) is 7.15. The summed E-state index contributed by atoms with van der Waals surface area (Å²) in [5.74, 6) is -0.886. The Bertz CT molecular complexity index is 961. The van der Waals surface area contributed by atoms with Gasteiger partial charge in [-0.05, 0) is 26.3 Å². The number of carbonyl (C=O) groups excluding carboxylic acids is 1. The zero-order chi connectivity index (χ0) is 19.8. The highest BCUT2D eigenvalue weighted by atomic mass is 32.1. The Morgan fingerprint density at radius 2 is 1.89 bits per heavy atom. The second-order valence-electron chi connectivity index (χ2n) is 6.20. The SMILES string of the molecule is Cc1nc(NC(=O)c2cnn(C(C)C)c2C(F)(F)F)sc1-c1ccccc1. The van der Waals surface area contributed by atoms with Crippen molar-refractivity contribution in [2.24, 2.45) is 0 Å². The highest BCUT2D eigenvalue weighted by Crippen LogP contribution is 2.35. The first-order valence-corrected chi connectivity index (χ1v) is 8.99. The largest absolute Gasteiger partial charge is 0.433 e. The third-order valence-electron chi connectivity index (χ3n) is 3.85. The van der Waals surface area contributed by atoms with E-state index >= 15 is 0 Å². The number of aromatic nitrogens is 3. The predicted octanol–water partition coefficient (Wildman–Crippen LogP) is 5.17. The minimum absolute atomic E-state index is 0.238. The molecule has 5 nitrogen and oxygen atoms in total. The van der Waals surface area contributed by atoms with Crippen LogP contribution in [0.2, 0.25) is 0 Å². The van der Waals surface area contributed by atoms with Gasteiger partial charge in [0.25, 0.3) is 5.91 Å². The summed E-state index contributed by atoms with van der Waals surface area (Å²) in [5.41, 5.74) is 0.0314. The Morgan fingerprint density at radius 3 is 2.48 bits per heavy atom. The molecule has 0 saturated heterocycles. The molecular weight excluding hydrogens is 377 g/mol. The van der Waals surface area contributed by atoms with Gasteiger partial charge in [-0.1, -0.05) is 41.7 Å². The molecule has 0 radical (unpaired) electrons. The number of thiazole rings is 1. The van der Waals surface area contributed by atoms with Crippen LogP contribution >= 0.6 is 11.3 Å². The lowest BCUT2D eigenvalue weighted by molar-refractivity contribution is -0.145. The first kappa shape index (κ1) is 19.1. The molecule has 3 aromatic rings. The third-order valence-corrected chi connectivity index (χ3v) is 4.97. The minimum atomic E-state index is -4.69. The van der Waals surface area contributed by atoms with Gasteiger partial charge in [0.05, 0.1) is 22.3 Å². The smallest absolute Gasteiger partial charge is 0.298 e. The van der Waals surface area contributed by atoms with E-state index in [1.807, 2.05) is 30.3 Å². The van der Waals surface area contributed by atoms with Crippen molar-refractivity contribution in [3.8, 4) is 10.4 Å². The number of amides is 1. The zero-order valence-electron chi connectivity index (χ0n) is 14.8. The van der Waals surface area contributed by atoms with E-state index < -0.39 is 29.4 Å². The van der Waals surface area contributed by atoms with Crippen LogP contribution < -0.4 is 5.32 Å². The second-order valence-corrected chi connectivity index (χ2v) is 7.20. The molecule has 142 valence electrons. The van der Waals surface area contributed by atoms with Gasteiger partial charge in [0.2, 0.25) is 0 Å². The number of alkyl halides is 3. The van der Waals surface area contributed by atoms with Gasteiger partial charge in [-0.3, -0.25) is 14.8 Å². The van der Waals surface area contributed by atoms with Crippen molar-refractivity contribution < 1.29 is 18.0 Å². The summed E-state index contributed by atoms with van der Waals surface area (Å²) in [5, 5.41) is 6.44. The first-order valence-electron chi connectivity index (χ1n) is 8.17. The fourth-order valence-electron chi connectivity index (χ4n) is 2.67. The summed E-state index contributed by atoms with van der Waals surface area (Å²) in [6.07, 6.45) is -3.75. The van der Waals surface area contributed by atoms with Crippen LogP contribution in [0, 0.1) is 6.92 Å². The number of halogens is 3. The molecule has 1 aromatic carbocycles. The number of nitrogens with zero attached hydrogens (tertiary/aromatic N) is 3. The number of nitrogens with one attached hydrogen (secondary N) is 1. The van der Waals surface area contributed by atoms with Crippen LogP contribution in [-0.2, 0) is 6.18 Å². The maximum absolute atomic E-state index is 13.4. The Hall–Kier alpha value is -2.68. The van der Waals surface area contributed by atoms with Gasteiger partial charge in [-0.15, -0.1) is 0 Å². The van der Waals surface area contributed by atoms with E-state index in [0.29, 0.717) is 5.69 Å². The van der Waals surface area contributed by atoms with Gasteiger partial charge in [-0.25, -0.2) is 4.98 Å². The lowest BCUT2D eigenvalue weighted by Crippen LogP contribution is -2.22. The molecule has 0 bridgehead atoms. The molecule has 0 saturated carbocycles. The molecule has 0 aliphatic heterocycles. The third kappa shape index (κ3) is 3.87. The van der Waals surface area contributed by atoms with Crippen LogP contribution in [0.3, 0.4) is 0 Å². The first-order chi connectivity index (χ1) is 12.7. The molecule has 3 rings (SSSR count). The van der Waals surface area contributed by atoms with Gasteiger partial charge < -0.3 is 0 Å². The van der Waals surface area contributed by atoms with E-state index in [9.17, 15) is 18.0 Å². The topological polar surface area (TPSA) is 59.8 Å². The molecule has 2 heterocycles. The van der Waals surface area contributed by atoms with Crippen LogP contribution in [0.5, 0.6) is 0 Å². The Labute approximate surface area is 157 Å². The van der Waals surface area contributed by atoms with Gasteiger partial charge >= 0.3 is 6.18 Å². The van der Waals surface area contributed by atoms with Crippen LogP contribution in [-0.4, -0.2) is 20.7 Å². The van der Waals surface area contributed by atoms with Crippen molar-refractivity contribution in [1.29, 1.82) is 0 Å². The molecule has 0 fully saturated rings. The van der Waals surface area contributed by atoms with Crippen molar-refractivity contribution in [2.75, 3.05) is 5.32 Å². The molecule has 0 aliphatic carbocycles. The summed E-state index contributed by atoms with van der Waals surface area (Å²) in [4.78, 5) is 17.6. The molecule has 27 heavy (non-hydrogen) atoms. The summed E-state index contributed by atoms with van der Waals surface area (Å²) in [7, 11) is 0. The number of hydrogen-bond acceptors (Lipinski definition) is 4. The number of benzene rings is 1. The average Bonchev–Trinajstić information content (AvgIpc) is 3.19. The van der Waals surface area contributed by atoms with E-state index in [1.54, 1.807) is 20.8 Å². The van der Waals surface area contributed by atoms with Crippen LogP contribution in [0.4, 0.5) is 18.3 Å². The molecule has 2 aromatic heterocycles. The van der Waals surface area contributed by atoms with Crippen molar-refractivity contribution >= 4 is 22.4 Å². The van der Waals surface area contributed by atoms with Crippen molar-refractivity contribution in [2.45, 2.75) is 33.0 Å². The quantitative estimate of drug-likeness (QED) is 0.664. The van der Waals surface area contributed by atoms with Gasteiger partial charge in [0.1, 0.15) is 0 Å². The molecule has 1 N–H and O–H groups in total. The summed E-state index contributed by atoms with van der Waals surface area (Å²) in [6, 6.07) is 8.91. The maximum Gasteiger partial charge on any atom is 0.433 e. The van der Waals surface area contributed by atoms with Crippen LogP contribution in [0.15, 0.2) is 36.5 Å².